The van der Waals surface area contributed by atoms with E-state index in [9.17, 15) is 0 Å². The number of nitrogens with one attached hydrogen (secondary N) is 1. The van der Waals surface area contributed by atoms with Gasteiger partial charge in [0.2, 0.25) is 0 Å². The summed E-state index contributed by atoms with van der Waals surface area (Å²) in [4.78, 5) is 5.67. The van der Waals surface area contributed by atoms with Crippen molar-refractivity contribution in [3.05, 3.63) is 51.5 Å². The lowest BCUT2D eigenvalue weighted by Crippen LogP contribution is -2.28. The van der Waals surface area contributed by atoms with Gasteiger partial charge in [-0.05, 0) is 30.9 Å². The molecule has 0 fully saturated rings. The molecule has 1 aliphatic rings. The largest absolute Gasteiger partial charge is 0.307 e. The number of nitrogens with zero attached hydrogens (tertiary/aromatic N) is 1. The van der Waals surface area contributed by atoms with Crippen molar-refractivity contribution in [3.8, 4) is 0 Å². The summed E-state index contributed by atoms with van der Waals surface area (Å²) in [6.45, 7) is 3.00. The molecule has 1 heterocycles. The molecule has 3 heteroatoms. The van der Waals surface area contributed by atoms with Crippen LogP contribution in [0.1, 0.15) is 21.0 Å². The fourth-order valence-electron chi connectivity index (χ4n) is 2.42. The minimum atomic E-state index is 0.580. The van der Waals surface area contributed by atoms with Gasteiger partial charge < -0.3 is 5.32 Å². The van der Waals surface area contributed by atoms with Gasteiger partial charge in [0, 0.05) is 23.7 Å². The first-order valence-electron chi connectivity index (χ1n) is 6.03. The highest BCUT2D eigenvalue weighted by Crippen LogP contribution is 2.22. The normalized spacial score (nSPS) is 15.1. The van der Waals surface area contributed by atoms with E-state index in [1.165, 1.54) is 21.0 Å². The Bertz CT molecular complexity index is 493. The molecule has 2 nitrogen and oxygen atoms in total. The summed E-state index contributed by atoms with van der Waals surface area (Å²) >= 11 is 1.78. The van der Waals surface area contributed by atoms with Gasteiger partial charge in [0.25, 0.3) is 0 Å². The molecule has 0 spiro atoms. The summed E-state index contributed by atoms with van der Waals surface area (Å²) < 4.78 is 0. The number of thiazole rings is 1. The lowest BCUT2D eigenvalue weighted by Gasteiger charge is -2.09. The van der Waals surface area contributed by atoms with Gasteiger partial charge in [0.05, 0.1) is 0 Å². The van der Waals surface area contributed by atoms with Crippen molar-refractivity contribution in [2.75, 3.05) is 0 Å². The maximum absolute atomic E-state index is 4.38. The third kappa shape index (κ3) is 2.40. The van der Waals surface area contributed by atoms with E-state index >= 15 is 0 Å². The van der Waals surface area contributed by atoms with E-state index in [2.05, 4.69) is 41.5 Å². The Kier molecular flexibility index (Phi) is 2.95. The fourth-order valence-corrected chi connectivity index (χ4v) is 3.16. The highest BCUT2D eigenvalue weighted by molar-refractivity contribution is 7.11. The van der Waals surface area contributed by atoms with E-state index < -0.39 is 0 Å². The molecule has 3 rings (SSSR count). The number of benzene rings is 1. The molecule has 0 saturated carbocycles. The van der Waals surface area contributed by atoms with Crippen LogP contribution in [0.25, 0.3) is 0 Å². The Hall–Kier alpha value is -1.19. The summed E-state index contributed by atoms with van der Waals surface area (Å²) in [6.07, 6.45) is 4.26. The predicted octanol–water partition coefficient (Wildman–Crippen LogP) is 2.71. The smallest absolute Gasteiger partial charge is 0.107 e. The van der Waals surface area contributed by atoms with Crippen LogP contribution in [-0.2, 0) is 19.4 Å². The molecule has 0 unspecified atom stereocenters. The second kappa shape index (κ2) is 4.59. The molecule has 0 aliphatic heterocycles. The Labute approximate surface area is 106 Å². The van der Waals surface area contributed by atoms with Gasteiger partial charge in [-0.15, -0.1) is 11.3 Å². The number of rotatable bonds is 3. The van der Waals surface area contributed by atoms with E-state index in [0.29, 0.717) is 6.04 Å². The Morgan fingerprint density at radius 2 is 2.00 bits per heavy atom. The highest BCUT2D eigenvalue weighted by atomic mass is 32.1. The van der Waals surface area contributed by atoms with Crippen molar-refractivity contribution in [2.45, 2.75) is 32.4 Å². The lowest BCUT2D eigenvalue weighted by molar-refractivity contribution is 0.532. The van der Waals surface area contributed by atoms with Crippen LogP contribution >= 0.6 is 11.3 Å². The number of aryl methyl sites for hydroxylation is 1. The van der Waals surface area contributed by atoms with E-state index in [0.717, 1.165) is 19.4 Å². The van der Waals surface area contributed by atoms with Crippen LogP contribution in [0.3, 0.4) is 0 Å². The van der Waals surface area contributed by atoms with Crippen molar-refractivity contribution in [1.29, 1.82) is 0 Å². The second-order valence-electron chi connectivity index (χ2n) is 4.62. The van der Waals surface area contributed by atoms with E-state index in [1.54, 1.807) is 11.3 Å². The molecule has 1 aromatic heterocycles. The van der Waals surface area contributed by atoms with E-state index in [4.69, 9.17) is 0 Å². The molecule has 17 heavy (non-hydrogen) atoms. The van der Waals surface area contributed by atoms with Crippen molar-refractivity contribution in [2.24, 2.45) is 0 Å². The predicted molar refractivity (Wildman–Crippen MR) is 71.3 cm³/mol. The quantitative estimate of drug-likeness (QED) is 0.898. The molecule has 88 valence electrons. The molecule has 0 atom stereocenters. The van der Waals surface area contributed by atoms with Crippen LogP contribution in [0.2, 0.25) is 0 Å². The van der Waals surface area contributed by atoms with Crippen molar-refractivity contribution >= 4 is 11.3 Å². The first kappa shape index (κ1) is 10.9. The second-order valence-corrected chi connectivity index (χ2v) is 5.94. The molecule has 0 saturated heterocycles. The zero-order valence-electron chi connectivity index (χ0n) is 9.94. The Morgan fingerprint density at radius 3 is 2.59 bits per heavy atom. The van der Waals surface area contributed by atoms with Crippen LogP contribution < -0.4 is 5.32 Å². The Balaban J connectivity index is 1.59. The zero-order valence-corrected chi connectivity index (χ0v) is 10.8. The average Bonchev–Trinajstić information content (AvgIpc) is 2.91. The summed E-state index contributed by atoms with van der Waals surface area (Å²) in [5, 5.41) is 4.80. The molecule has 0 amide bonds. The van der Waals surface area contributed by atoms with Gasteiger partial charge in [-0.2, -0.15) is 0 Å². The van der Waals surface area contributed by atoms with Crippen LogP contribution in [0, 0.1) is 6.92 Å². The number of fused-ring (bicyclic) bond motifs is 1. The number of hydrogen-bond acceptors (Lipinski definition) is 3. The van der Waals surface area contributed by atoms with E-state index in [1.807, 2.05) is 6.20 Å². The lowest BCUT2D eigenvalue weighted by atomic mass is 10.1. The minimum Gasteiger partial charge on any atom is -0.307 e. The van der Waals surface area contributed by atoms with E-state index in [-0.39, 0.29) is 0 Å². The molecular weight excluding hydrogens is 228 g/mol. The van der Waals surface area contributed by atoms with Gasteiger partial charge >= 0.3 is 0 Å². The first-order chi connectivity index (χ1) is 8.31. The third-order valence-electron chi connectivity index (χ3n) is 3.26. The van der Waals surface area contributed by atoms with Crippen LogP contribution in [0.5, 0.6) is 0 Å². The van der Waals surface area contributed by atoms with Gasteiger partial charge in [0.15, 0.2) is 0 Å². The van der Waals surface area contributed by atoms with Crippen molar-refractivity contribution in [1.82, 2.24) is 10.3 Å². The Morgan fingerprint density at radius 1 is 1.29 bits per heavy atom. The molecule has 1 N–H and O–H groups in total. The molecule has 1 aromatic carbocycles. The summed E-state index contributed by atoms with van der Waals surface area (Å²) in [5.74, 6) is 0. The molecule has 0 bridgehead atoms. The molecule has 1 aliphatic carbocycles. The van der Waals surface area contributed by atoms with Gasteiger partial charge in [-0.1, -0.05) is 24.3 Å². The number of hydrogen-bond donors (Lipinski definition) is 1. The summed E-state index contributed by atoms with van der Waals surface area (Å²) in [6, 6.07) is 9.32. The molecule has 0 radical (unpaired) electrons. The zero-order chi connectivity index (χ0) is 11.7. The van der Waals surface area contributed by atoms with Gasteiger partial charge in [0.1, 0.15) is 5.01 Å². The van der Waals surface area contributed by atoms with Gasteiger partial charge in [-0.3, -0.25) is 0 Å². The maximum Gasteiger partial charge on any atom is 0.107 e. The first-order valence-corrected chi connectivity index (χ1v) is 6.84. The fraction of sp³-hybridized carbons (Fsp3) is 0.357. The monoisotopic (exact) mass is 244 g/mol. The number of aromatic nitrogens is 1. The van der Waals surface area contributed by atoms with Crippen LogP contribution in [0.4, 0.5) is 0 Å². The van der Waals surface area contributed by atoms with Crippen LogP contribution in [0.15, 0.2) is 30.5 Å². The summed E-state index contributed by atoms with van der Waals surface area (Å²) in [5.41, 5.74) is 3.00. The molecule has 2 aromatic rings. The van der Waals surface area contributed by atoms with Crippen LogP contribution in [-0.4, -0.2) is 11.0 Å². The van der Waals surface area contributed by atoms with Crippen molar-refractivity contribution in [3.63, 3.8) is 0 Å². The average molecular weight is 244 g/mol. The standard InChI is InChI=1S/C14H16N2S/c1-10-8-16-14(17-10)9-15-13-6-11-4-2-3-5-12(11)7-13/h2-5,8,13,15H,6-7,9H2,1H3. The SMILES string of the molecule is Cc1cnc(CNC2Cc3ccccc3C2)s1. The minimum absolute atomic E-state index is 0.580. The van der Waals surface area contributed by atoms with Gasteiger partial charge in [-0.25, -0.2) is 4.98 Å². The summed E-state index contributed by atoms with van der Waals surface area (Å²) in [7, 11) is 0. The van der Waals surface area contributed by atoms with Crippen molar-refractivity contribution < 1.29 is 0 Å². The highest BCUT2D eigenvalue weighted by Gasteiger charge is 2.20. The topological polar surface area (TPSA) is 24.9 Å². The maximum atomic E-state index is 4.38. The third-order valence-corrected chi connectivity index (χ3v) is 4.17. The molecular formula is C14H16N2S.